The standard InChI is InChI=1S/C25H27NO2/c1-19(25(27)28-18-21-8-4-2-5-9-21)16-24(26)17-20-12-14-23(15-13-20)22-10-6-3-7-11-22/h2-15,19,24H,16-18,26H2,1H3/t19-,24?/m1/s1. The molecule has 0 aliphatic carbocycles. The first-order valence-electron chi connectivity index (χ1n) is 9.72. The molecule has 0 saturated heterocycles. The van der Waals surface area contributed by atoms with Gasteiger partial charge in [0.15, 0.2) is 0 Å². The number of ether oxygens (including phenoxy) is 1. The monoisotopic (exact) mass is 373 g/mol. The highest BCUT2D eigenvalue weighted by atomic mass is 16.5. The molecule has 28 heavy (non-hydrogen) atoms. The molecule has 0 amide bonds. The van der Waals surface area contributed by atoms with Gasteiger partial charge >= 0.3 is 5.97 Å². The fourth-order valence-corrected chi connectivity index (χ4v) is 3.27. The van der Waals surface area contributed by atoms with E-state index in [0.29, 0.717) is 13.0 Å². The third-order valence-electron chi connectivity index (χ3n) is 4.84. The van der Waals surface area contributed by atoms with Crippen LogP contribution in [-0.2, 0) is 22.6 Å². The highest BCUT2D eigenvalue weighted by molar-refractivity contribution is 5.72. The Morgan fingerprint density at radius 3 is 2.04 bits per heavy atom. The maximum atomic E-state index is 12.2. The first-order chi connectivity index (χ1) is 13.6. The number of hydrogen-bond acceptors (Lipinski definition) is 3. The van der Waals surface area contributed by atoms with Crippen LogP contribution in [0.4, 0.5) is 0 Å². The SMILES string of the molecule is C[C@H](CC(N)Cc1ccc(-c2ccccc2)cc1)C(=O)OCc1ccccc1. The zero-order valence-corrected chi connectivity index (χ0v) is 16.3. The molecule has 0 heterocycles. The molecule has 0 aromatic heterocycles. The van der Waals surface area contributed by atoms with Crippen molar-refractivity contribution in [3.63, 3.8) is 0 Å². The van der Waals surface area contributed by atoms with Crippen molar-refractivity contribution in [2.75, 3.05) is 0 Å². The summed E-state index contributed by atoms with van der Waals surface area (Å²) in [4.78, 5) is 12.2. The van der Waals surface area contributed by atoms with E-state index in [1.54, 1.807) is 0 Å². The van der Waals surface area contributed by atoms with E-state index in [1.807, 2.05) is 55.5 Å². The molecule has 2 N–H and O–H groups in total. The quantitative estimate of drug-likeness (QED) is 0.566. The Balaban J connectivity index is 1.47. The van der Waals surface area contributed by atoms with Gasteiger partial charge in [-0.25, -0.2) is 0 Å². The van der Waals surface area contributed by atoms with Gasteiger partial charge in [0.2, 0.25) is 0 Å². The summed E-state index contributed by atoms with van der Waals surface area (Å²) in [6.07, 6.45) is 1.35. The molecule has 0 spiro atoms. The van der Waals surface area contributed by atoms with Crippen LogP contribution in [0.2, 0.25) is 0 Å². The van der Waals surface area contributed by atoms with Gasteiger partial charge in [0, 0.05) is 6.04 Å². The van der Waals surface area contributed by atoms with E-state index in [4.69, 9.17) is 10.5 Å². The third kappa shape index (κ3) is 5.80. The molecule has 3 aromatic rings. The lowest BCUT2D eigenvalue weighted by Crippen LogP contribution is -2.29. The van der Waals surface area contributed by atoms with E-state index < -0.39 is 0 Å². The van der Waals surface area contributed by atoms with Crippen LogP contribution in [0.15, 0.2) is 84.9 Å². The molecule has 0 radical (unpaired) electrons. The number of carbonyl (C=O) groups excluding carboxylic acids is 1. The predicted molar refractivity (Wildman–Crippen MR) is 114 cm³/mol. The largest absolute Gasteiger partial charge is 0.461 e. The molecule has 3 rings (SSSR count). The van der Waals surface area contributed by atoms with E-state index >= 15 is 0 Å². The van der Waals surface area contributed by atoms with Crippen LogP contribution < -0.4 is 5.73 Å². The Morgan fingerprint density at radius 2 is 1.39 bits per heavy atom. The van der Waals surface area contributed by atoms with Crippen molar-refractivity contribution in [1.29, 1.82) is 0 Å². The van der Waals surface area contributed by atoms with Crippen molar-refractivity contribution in [2.45, 2.75) is 32.4 Å². The Hall–Kier alpha value is -2.91. The van der Waals surface area contributed by atoms with Gasteiger partial charge in [-0.3, -0.25) is 4.79 Å². The average Bonchev–Trinajstić information content (AvgIpc) is 2.74. The maximum absolute atomic E-state index is 12.2. The van der Waals surface area contributed by atoms with Crippen LogP contribution in [0.1, 0.15) is 24.5 Å². The molecule has 0 aliphatic heterocycles. The summed E-state index contributed by atoms with van der Waals surface area (Å²) in [5, 5.41) is 0. The van der Waals surface area contributed by atoms with Crippen LogP contribution >= 0.6 is 0 Å². The van der Waals surface area contributed by atoms with E-state index in [1.165, 1.54) is 16.7 Å². The number of esters is 1. The molecule has 0 fully saturated rings. The van der Waals surface area contributed by atoms with Crippen molar-refractivity contribution in [3.05, 3.63) is 96.1 Å². The number of hydrogen-bond donors (Lipinski definition) is 1. The van der Waals surface area contributed by atoms with Gasteiger partial charge in [-0.05, 0) is 35.1 Å². The lowest BCUT2D eigenvalue weighted by molar-refractivity contribution is -0.149. The second-order valence-electron chi connectivity index (χ2n) is 7.26. The van der Waals surface area contributed by atoms with E-state index in [9.17, 15) is 4.79 Å². The molecule has 0 aliphatic rings. The normalized spacial score (nSPS) is 12.9. The molecule has 2 atom stereocenters. The molecule has 144 valence electrons. The van der Waals surface area contributed by atoms with Crippen molar-refractivity contribution >= 4 is 5.97 Å². The number of nitrogens with two attached hydrogens (primary N) is 1. The molecular weight excluding hydrogens is 346 g/mol. The summed E-state index contributed by atoms with van der Waals surface area (Å²) in [6, 6.07) is 28.4. The molecule has 0 saturated carbocycles. The van der Waals surface area contributed by atoms with E-state index in [2.05, 4.69) is 36.4 Å². The second kappa shape index (κ2) is 9.86. The Kier molecular flexibility index (Phi) is 6.99. The van der Waals surface area contributed by atoms with Gasteiger partial charge < -0.3 is 10.5 Å². The summed E-state index contributed by atoms with van der Waals surface area (Å²) in [7, 11) is 0. The fourth-order valence-electron chi connectivity index (χ4n) is 3.27. The molecule has 3 heteroatoms. The highest BCUT2D eigenvalue weighted by Crippen LogP contribution is 2.20. The van der Waals surface area contributed by atoms with Crippen LogP contribution in [0, 0.1) is 5.92 Å². The smallest absolute Gasteiger partial charge is 0.309 e. The Bertz CT molecular complexity index is 860. The summed E-state index contributed by atoms with van der Waals surface area (Å²) < 4.78 is 5.41. The van der Waals surface area contributed by atoms with Crippen LogP contribution in [0.3, 0.4) is 0 Å². The Morgan fingerprint density at radius 1 is 0.821 bits per heavy atom. The van der Waals surface area contributed by atoms with Crippen molar-refractivity contribution in [3.8, 4) is 11.1 Å². The zero-order valence-electron chi connectivity index (χ0n) is 16.3. The van der Waals surface area contributed by atoms with Gasteiger partial charge in [-0.1, -0.05) is 91.9 Å². The number of benzene rings is 3. The molecule has 3 nitrogen and oxygen atoms in total. The number of rotatable bonds is 8. The molecule has 0 bridgehead atoms. The number of carbonyl (C=O) groups is 1. The summed E-state index contributed by atoms with van der Waals surface area (Å²) in [5.41, 5.74) is 10.9. The lowest BCUT2D eigenvalue weighted by Gasteiger charge is -2.17. The van der Waals surface area contributed by atoms with Crippen molar-refractivity contribution < 1.29 is 9.53 Å². The predicted octanol–water partition coefficient (Wildman–Crippen LogP) is 4.99. The first-order valence-corrected chi connectivity index (χ1v) is 9.72. The zero-order chi connectivity index (χ0) is 19.8. The van der Waals surface area contributed by atoms with Gasteiger partial charge in [-0.2, -0.15) is 0 Å². The summed E-state index contributed by atoms with van der Waals surface area (Å²) in [5.74, 6) is -0.416. The Labute approximate surface area is 167 Å². The van der Waals surface area contributed by atoms with Gasteiger partial charge in [0.05, 0.1) is 5.92 Å². The van der Waals surface area contributed by atoms with Crippen LogP contribution in [-0.4, -0.2) is 12.0 Å². The summed E-state index contributed by atoms with van der Waals surface area (Å²) in [6.45, 7) is 2.19. The second-order valence-corrected chi connectivity index (χ2v) is 7.26. The van der Waals surface area contributed by atoms with Gasteiger partial charge in [0.25, 0.3) is 0 Å². The van der Waals surface area contributed by atoms with Crippen molar-refractivity contribution in [2.24, 2.45) is 11.7 Å². The van der Waals surface area contributed by atoms with Crippen LogP contribution in [0.5, 0.6) is 0 Å². The minimum Gasteiger partial charge on any atom is -0.461 e. The third-order valence-corrected chi connectivity index (χ3v) is 4.84. The molecule has 3 aromatic carbocycles. The van der Waals surface area contributed by atoms with Gasteiger partial charge in [-0.15, -0.1) is 0 Å². The molecular formula is C25H27NO2. The summed E-state index contributed by atoms with van der Waals surface area (Å²) >= 11 is 0. The minimum atomic E-state index is -0.220. The lowest BCUT2D eigenvalue weighted by atomic mass is 9.95. The maximum Gasteiger partial charge on any atom is 0.309 e. The van der Waals surface area contributed by atoms with E-state index in [0.717, 1.165) is 12.0 Å². The fraction of sp³-hybridized carbons (Fsp3) is 0.240. The van der Waals surface area contributed by atoms with Gasteiger partial charge in [0.1, 0.15) is 6.61 Å². The first kappa shape index (κ1) is 19.8. The molecule has 1 unspecified atom stereocenters. The topological polar surface area (TPSA) is 52.3 Å². The van der Waals surface area contributed by atoms with Crippen LogP contribution in [0.25, 0.3) is 11.1 Å². The van der Waals surface area contributed by atoms with Crippen molar-refractivity contribution in [1.82, 2.24) is 0 Å². The van der Waals surface area contributed by atoms with E-state index in [-0.39, 0.29) is 17.9 Å². The highest BCUT2D eigenvalue weighted by Gasteiger charge is 2.18. The average molecular weight is 373 g/mol. The minimum absolute atomic E-state index is 0.0816.